The first-order chi connectivity index (χ1) is 19.9. The molecular formula is C29H30FN9OS. The molecular weight excluding hydrogens is 541 g/mol. The first-order valence-corrected chi connectivity index (χ1v) is 14.2. The molecule has 0 saturated carbocycles. The van der Waals surface area contributed by atoms with E-state index in [2.05, 4.69) is 20.9 Å². The minimum Gasteiger partial charge on any atom is -0.397 e. The summed E-state index contributed by atoms with van der Waals surface area (Å²) in [6.45, 7) is 6.27. The molecule has 0 spiro atoms. The SMILES string of the molecule is CCN=C(c1nc(-c2cnc(N3CCC(O)CC3)nc2)ccc1N)N(CC)c1nc(-c2ccc(F)cc2)c(C#N)s1. The van der Waals surface area contributed by atoms with Crippen LogP contribution in [0.25, 0.3) is 22.5 Å². The average Bonchev–Trinajstić information content (AvgIpc) is 3.42. The summed E-state index contributed by atoms with van der Waals surface area (Å²) < 4.78 is 13.5. The molecule has 4 heterocycles. The minimum absolute atomic E-state index is 0.269. The Morgan fingerprint density at radius 2 is 1.83 bits per heavy atom. The van der Waals surface area contributed by atoms with Crippen LogP contribution in [0, 0.1) is 17.1 Å². The highest BCUT2D eigenvalue weighted by molar-refractivity contribution is 7.16. The van der Waals surface area contributed by atoms with Crippen LogP contribution in [0.3, 0.4) is 0 Å². The maximum absolute atomic E-state index is 13.5. The average molecular weight is 572 g/mol. The van der Waals surface area contributed by atoms with Crippen LogP contribution in [0.15, 0.2) is 53.8 Å². The minimum atomic E-state index is -0.358. The number of thiazole rings is 1. The zero-order valence-corrected chi connectivity index (χ0v) is 23.6. The van der Waals surface area contributed by atoms with Crippen LogP contribution >= 0.6 is 11.3 Å². The molecule has 1 fully saturated rings. The summed E-state index contributed by atoms with van der Waals surface area (Å²) in [4.78, 5) is 27.8. The fraction of sp³-hybridized carbons (Fsp3) is 0.310. The van der Waals surface area contributed by atoms with Gasteiger partial charge in [0, 0.05) is 49.7 Å². The number of hydrogen-bond acceptors (Lipinski definition) is 10. The summed E-state index contributed by atoms with van der Waals surface area (Å²) in [5.74, 6) is 0.793. The largest absolute Gasteiger partial charge is 0.397 e. The lowest BCUT2D eigenvalue weighted by molar-refractivity contribution is 0.145. The van der Waals surface area contributed by atoms with Crippen molar-refractivity contribution in [3.05, 3.63) is 65.2 Å². The van der Waals surface area contributed by atoms with Crippen molar-refractivity contribution in [2.45, 2.75) is 32.8 Å². The molecule has 0 aliphatic carbocycles. The number of pyridine rings is 1. The Balaban J connectivity index is 1.48. The molecule has 0 unspecified atom stereocenters. The van der Waals surface area contributed by atoms with E-state index in [0.717, 1.165) is 5.56 Å². The number of halogens is 1. The second kappa shape index (κ2) is 12.4. The van der Waals surface area contributed by atoms with Gasteiger partial charge in [-0.15, -0.1) is 0 Å². The highest BCUT2D eigenvalue weighted by atomic mass is 32.1. The number of benzene rings is 1. The summed E-state index contributed by atoms with van der Waals surface area (Å²) in [6.07, 6.45) is 4.59. The van der Waals surface area contributed by atoms with Gasteiger partial charge in [0.05, 0.1) is 17.5 Å². The third kappa shape index (κ3) is 6.01. The number of amidine groups is 1. The molecule has 0 bridgehead atoms. The number of nitrogens with zero attached hydrogens (tertiary/aromatic N) is 8. The van der Waals surface area contributed by atoms with E-state index in [4.69, 9.17) is 20.7 Å². The summed E-state index contributed by atoms with van der Waals surface area (Å²) in [5, 5.41) is 20.2. The Morgan fingerprint density at radius 3 is 2.46 bits per heavy atom. The van der Waals surface area contributed by atoms with Gasteiger partial charge >= 0.3 is 0 Å². The number of aliphatic hydroxyl groups is 1. The van der Waals surface area contributed by atoms with Gasteiger partial charge in [-0.3, -0.25) is 4.99 Å². The second-order valence-corrected chi connectivity index (χ2v) is 10.4. The van der Waals surface area contributed by atoms with Gasteiger partial charge in [-0.25, -0.2) is 24.3 Å². The van der Waals surface area contributed by atoms with Crippen molar-refractivity contribution in [2.24, 2.45) is 4.99 Å². The predicted molar refractivity (Wildman–Crippen MR) is 159 cm³/mol. The molecule has 10 nitrogen and oxygen atoms in total. The lowest BCUT2D eigenvalue weighted by Crippen LogP contribution is -2.36. The van der Waals surface area contributed by atoms with Crippen LogP contribution in [0.2, 0.25) is 0 Å². The number of nitrogens with two attached hydrogens (primary N) is 1. The van der Waals surface area contributed by atoms with Gasteiger partial charge in [0.25, 0.3) is 0 Å². The fourth-order valence-electron chi connectivity index (χ4n) is 4.61. The second-order valence-electron chi connectivity index (χ2n) is 9.46. The van der Waals surface area contributed by atoms with Crippen LogP contribution in [0.4, 0.5) is 21.2 Å². The zero-order chi connectivity index (χ0) is 28.9. The quantitative estimate of drug-likeness (QED) is 0.242. The maximum Gasteiger partial charge on any atom is 0.225 e. The molecule has 1 aliphatic rings. The smallest absolute Gasteiger partial charge is 0.225 e. The Hall–Kier alpha value is -4.47. The molecule has 12 heteroatoms. The lowest BCUT2D eigenvalue weighted by atomic mass is 10.1. The van der Waals surface area contributed by atoms with Crippen LogP contribution in [-0.2, 0) is 0 Å². The van der Waals surface area contributed by atoms with E-state index in [1.165, 1.54) is 23.5 Å². The molecule has 1 saturated heterocycles. The van der Waals surface area contributed by atoms with Crippen LogP contribution in [0.1, 0.15) is 37.3 Å². The van der Waals surface area contributed by atoms with Gasteiger partial charge in [0.2, 0.25) is 5.95 Å². The third-order valence-corrected chi connectivity index (χ3v) is 7.75. The van der Waals surface area contributed by atoms with E-state index in [-0.39, 0.29) is 11.9 Å². The van der Waals surface area contributed by atoms with Gasteiger partial charge < -0.3 is 20.6 Å². The van der Waals surface area contributed by atoms with Gasteiger partial charge in [-0.05, 0) is 63.1 Å². The number of aliphatic hydroxyl groups excluding tert-OH is 1. The predicted octanol–water partition coefficient (Wildman–Crippen LogP) is 4.51. The van der Waals surface area contributed by atoms with Gasteiger partial charge in [0.1, 0.15) is 28.2 Å². The van der Waals surface area contributed by atoms with E-state index in [9.17, 15) is 14.8 Å². The summed E-state index contributed by atoms with van der Waals surface area (Å²) >= 11 is 1.23. The van der Waals surface area contributed by atoms with Crippen LogP contribution in [0.5, 0.6) is 0 Å². The third-order valence-electron chi connectivity index (χ3n) is 6.77. The topological polar surface area (TPSA) is 140 Å². The molecule has 41 heavy (non-hydrogen) atoms. The Bertz CT molecular complexity index is 1570. The van der Waals surface area contributed by atoms with E-state index >= 15 is 0 Å². The monoisotopic (exact) mass is 571 g/mol. The molecule has 4 aromatic rings. The van der Waals surface area contributed by atoms with Crippen molar-refractivity contribution in [3.63, 3.8) is 0 Å². The lowest BCUT2D eigenvalue weighted by Gasteiger charge is -2.29. The molecule has 0 atom stereocenters. The fourth-order valence-corrected chi connectivity index (χ4v) is 5.56. The van der Waals surface area contributed by atoms with Gasteiger partial charge in [0.15, 0.2) is 11.0 Å². The van der Waals surface area contributed by atoms with Gasteiger partial charge in [-0.1, -0.05) is 11.3 Å². The van der Waals surface area contributed by atoms with Crippen molar-refractivity contribution in [2.75, 3.05) is 41.7 Å². The first kappa shape index (κ1) is 28.1. The summed E-state index contributed by atoms with van der Waals surface area (Å²) in [7, 11) is 0. The normalized spacial score (nSPS) is 14.2. The van der Waals surface area contributed by atoms with Crippen molar-refractivity contribution < 1.29 is 9.50 Å². The first-order valence-electron chi connectivity index (χ1n) is 13.4. The van der Waals surface area contributed by atoms with Crippen LogP contribution in [-0.4, -0.2) is 63.2 Å². The molecule has 3 aromatic heterocycles. The van der Waals surface area contributed by atoms with E-state index in [1.54, 1.807) is 30.6 Å². The highest BCUT2D eigenvalue weighted by Gasteiger charge is 2.24. The number of nitriles is 1. The van der Waals surface area contributed by atoms with Crippen molar-refractivity contribution in [1.82, 2.24) is 19.9 Å². The number of aromatic nitrogens is 4. The van der Waals surface area contributed by atoms with Gasteiger partial charge in [-0.2, -0.15) is 5.26 Å². The molecule has 5 rings (SSSR count). The standard InChI is InChI=1S/C29H30FN9OS/c1-3-33-27(39(4-2)29-37-25(24(15-31)41-29)18-5-7-20(30)8-6-18)26-22(32)9-10-23(36-26)19-16-34-28(35-17-19)38-13-11-21(40)12-14-38/h5-10,16-17,21,40H,3-4,11-14,32H2,1-2H3. The molecule has 3 N–H and O–H groups in total. The zero-order valence-electron chi connectivity index (χ0n) is 22.8. The van der Waals surface area contributed by atoms with E-state index < -0.39 is 0 Å². The number of rotatable bonds is 7. The number of aliphatic imine (C=N–C) groups is 1. The molecule has 1 aromatic carbocycles. The number of anilines is 3. The number of nitrogen functional groups attached to an aromatic ring is 1. The molecule has 0 radical (unpaired) electrons. The maximum atomic E-state index is 13.5. The highest BCUT2D eigenvalue weighted by Crippen LogP contribution is 2.34. The molecule has 1 aliphatic heterocycles. The number of hydrogen-bond donors (Lipinski definition) is 2. The summed E-state index contributed by atoms with van der Waals surface area (Å²) in [5.41, 5.74) is 9.86. The van der Waals surface area contributed by atoms with E-state index in [1.807, 2.05) is 24.8 Å². The van der Waals surface area contributed by atoms with Crippen molar-refractivity contribution in [3.8, 4) is 28.6 Å². The Labute approximate surface area is 241 Å². The van der Waals surface area contributed by atoms with Crippen LogP contribution < -0.4 is 15.5 Å². The molecule has 210 valence electrons. The molecule has 0 amide bonds. The summed E-state index contributed by atoms with van der Waals surface area (Å²) in [6, 6.07) is 11.7. The number of piperidine rings is 1. The van der Waals surface area contributed by atoms with Crippen molar-refractivity contribution in [1.29, 1.82) is 5.26 Å². The Kier molecular flexibility index (Phi) is 8.47. The van der Waals surface area contributed by atoms with E-state index in [0.29, 0.717) is 89.1 Å². The Morgan fingerprint density at radius 1 is 1.12 bits per heavy atom. The van der Waals surface area contributed by atoms with Crippen molar-refractivity contribution >= 4 is 33.9 Å².